The van der Waals surface area contributed by atoms with Crippen LogP contribution in [0.25, 0.3) is 0 Å². The normalized spacial score (nSPS) is 22.0. The minimum Gasteiger partial charge on any atom is -0.302 e. The number of fused-ring (bicyclic) bond motifs is 1. The van der Waals surface area contributed by atoms with Gasteiger partial charge in [0.2, 0.25) is 0 Å². The smallest absolute Gasteiger partial charge is 0.0585 e. The zero-order valence-corrected chi connectivity index (χ0v) is 11.1. The van der Waals surface area contributed by atoms with Crippen LogP contribution in [0, 0.1) is 0 Å². The minimum absolute atomic E-state index is 0.396. The van der Waals surface area contributed by atoms with E-state index in [2.05, 4.69) is 53.8 Å². The molecule has 96 valence electrons. The molecule has 1 aliphatic heterocycles. The molecule has 1 nitrogen and oxygen atoms in total. The monoisotopic (exact) mass is 249 g/mol. The Morgan fingerprint density at radius 3 is 2.21 bits per heavy atom. The van der Waals surface area contributed by atoms with E-state index < -0.39 is 0 Å². The van der Waals surface area contributed by atoms with E-state index in [1.54, 1.807) is 5.56 Å². The van der Waals surface area contributed by atoms with E-state index in [9.17, 15) is 0 Å². The second kappa shape index (κ2) is 4.50. The maximum absolute atomic E-state index is 3.68. The lowest BCUT2D eigenvalue weighted by molar-refractivity contribution is 0.415. The maximum atomic E-state index is 3.68. The molecule has 1 heteroatoms. The van der Waals surface area contributed by atoms with Crippen molar-refractivity contribution < 1.29 is 0 Å². The molecule has 2 aliphatic rings. The summed E-state index contributed by atoms with van der Waals surface area (Å²) in [4.78, 5) is 0. The average molecular weight is 249 g/mol. The molecular formula is C18H19N. The Kier molecular flexibility index (Phi) is 2.66. The number of benzene rings is 2. The molecule has 0 amide bonds. The fourth-order valence-corrected chi connectivity index (χ4v) is 3.44. The van der Waals surface area contributed by atoms with E-state index in [0.29, 0.717) is 6.04 Å². The highest BCUT2D eigenvalue weighted by Crippen LogP contribution is 2.42. The molecular weight excluding hydrogens is 230 g/mol. The van der Waals surface area contributed by atoms with Crippen LogP contribution in [0.4, 0.5) is 0 Å². The molecule has 0 radical (unpaired) electrons. The van der Waals surface area contributed by atoms with Crippen molar-refractivity contribution in [1.29, 1.82) is 0 Å². The van der Waals surface area contributed by atoms with Crippen LogP contribution in [0.5, 0.6) is 0 Å². The van der Waals surface area contributed by atoms with E-state index in [0.717, 1.165) is 12.5 Å². The van der Waals surface area contributed by atoms with Gasteiger partial charge in [-0.15, -0.1) is 0 Å². The van der Waals surface area contributed by atoms with Crippen LogP contribution in [0.1, 0.15) is 53.5 Å². The third kappa shape index (κ3) is 1.81. The topological polar surface area (TPSA) is 12.0 Å². The molecule has 1 saturated carbocycles. The van der Waals surface area contributed by atoms with E-state index in [1.807, 2.05) is 0 Å². The molecule has 4 rings (SSSR count). The summed E-state index contributed by atoms with van der Waals surface area (Å²) < 4.78 is 0. The second-order valence-electron chi connectivity index (χ2n) is 5.77. The fraction of sp³-hybridized carbons (Fsp3) is 0.333. The standard InChI is InChI=1S/C18H19N/c1-2-10-16-14(6-1)12-19-18(16)17-11-4-3-9-15(17)13-7-5-8-13/h1-4,6,9-11,13,18-19H,5,7-8,12H2. The van der Waals surface area contributed by atoms with Crippen molar-refractivity contribution in [1.82, 2.24) is 5.32 Å². The maximum Gasteiger partial charge on any atom is 0.0585 e. The summed E-state index contributed by atoms with van der Waals surface area (Å²) >= 11 is 0. The highest BCUT2D eigenvalue weighted by Gasteiger charge is 2.28. The van der Waals surface area contributed by atoms with Crippen molar-refractivity contribution in [3.05, 3.63) is 70.8 Å². The Hall–Kier alpha value is -1.60. The molecule has 1 N–H and O–H groups in total. The van der Waals surface area contributed by atoms with Gasteiger partial charge in [-0.2, -0.15) is 0 Å². The van der Waals surface area contributed by atoms with Crippen molar-refractivity contribution in [2.45, 2.75) is 37.8 Å². The Balaban J connectivity index is 1.77. The first kappa shape index (κ1) is 11.2. The van der Waals surface area contributed by atoms with Gasteiger partial charge >= 0.3 is 0 Å². The molecule has 1 heterocycles. The van der Waals surface area contributed by atoms with Crippen molar-refractivity contribution in [3.8, 4) is 0 Å². The predicted octanol–water partition coefficient (Wildman–Crippen LogP) is 4.15. The molecule has 1 unspecified atom stereocenters. The first-order chi connectivity index (χ1) is 9.43. The van der Waals surface area contributed by atoms with Crippen molar-refractivity contribution in [2.75, 3.05) is 0 Å². The summed E-state index contributed by atoms with van der Waals surface area (Å²) in [7, 11) is 0. The SMILES string of the molecule is c1ccc2c(c1)CNC2c1ccccc1C1CCC1. The number of nitrogens with one attached hydrogen (secondary N) is 1. The van der Waals surface area contributed by atoms with Gasteiger partial charge in [0.15, 0.2) is 0 Å². The average Bonchev–Trinajstić information content (AvgIpc) is 2.81. The molecule has 2 aromatic carbocycles. The largest absolute Gasteiger partial charge is 0.302 e. The molecule has 19 heavy (non-hydrogen) atoms. The number of rotatable bonds is 2. The van der Waals surface area contributed by atoms with E-state index in [-0.39, 0.29) is 0 Å². The lowest BCUT2D eigenvalue weighted by Crippen LogP contribution is -2.18. The molecule has 2 aromatic rings. The minimum atomic E-state index is 0.396. The summed E-state index contributed by atoms with van der Waals surface area (Å²) in [6, 6.07) is 18.2. The van der Waals surface area contributed by atoms with Gasteiger partial charge in [0.05, 0.1) is 6.04 Å². The molecule has 0 saturated heterocycles. The molecule has 0 bridgehead atoms. The summed E-state index contributed by atoms with van der Waals surface area (Å²) in [5.41, 5.74) is 5.99. The molecule has 0 spiro atoms. The van der Waals surface area contributed by atoms with Gasteiger partial charge in [0.25, 0.3) is 0 Å². The number of hydrogen-bond donors (Lipinski definition) is 1. The molecule has 0 aromatic heterocycles. The van der Waals surface area contributed by atoms with E-state index >= 15 is 0 Å². The lowest BCUT2D eigenvalue weighted by Gasteiger charge is -2.29. The summed E-state index contributed by atoms with van der Waals surface area (Å²) in [5, 5.41) is 3.68. The van der Waals surface area contributed by atoms with Crippen LogP contribution in [-0.2, 0) is 6.54 Å². The highest BCUT2D eigenvalue weighted by molar-refractivity contribution is 5.45. The van der Waals surface area contributed by atoms with Gasteiger partial charge in [0.1, 0.15) is 0 Å². The summed E-state index contributed by atoms with van der Waals surface area (Å²) in [6.45, 7) is 1.000. The lowest BCUT2D eigenvalue weighted by atomic mass is 9.76. The third-order valence-electron chi connectivity index (χ3n) is 4.71. The Labute approximate surface area is 114 Å². The summed E-state index contributed by atoms with van der Waals surface area (Å²) in [5.74, 6) is 0.797. The van der Waals surface area contributed by atoms with Crippen LogP contribution in [0.3, 0.4) is 0 Å². The van der Waals surface area contributed by atoms with Gasteiger partial charge in [-0.1, -0.05) is 55.0 Å². The molecule has 1 fully saturated rings. The van der Waals surface area contributed by atoms with E-state index in [1.165, 1.54) is 36.0 Å². The second-order valence-corrected chi connectivity index (χ2v) is 5.77. The first-order valence-electron chi connectivity index (χ1n) is 7.33. The quantitative estimate of drug-likeness (QED) is 0.843. The van der Waals surface area contributed by atoms with Crippen molar-refractivity contribution >= 4 is 0 Å². The van der Waals surface area contributed by atoms with Crippen molar-refractivity contribution in [2.24, 2.45) is 0 Å². The first-order valence-corrected chi connectivity index (χ1v) is 7.33. The van der Waals surface area contributed by atoms with Gasteiger partial charge in [-0.05, 0) is 41.0 Å². The zero-order valence-electron chi connectivity index (χ0n) is 11.1. The van der Waals surface area contributed by atoms with Crippen LogP contribution < -0.4 is 5.32 Å². The van der Waals surface area contributed by atoms with Gasteiger partial charge in [0, 0.05) is 6.54 Å². The third-order valence-corrected chi connectivity index (χ3v) is 4.71. The predicted molar refractivity (Wildman–Crippen MR) is 78.2 cm³/mol. The Morgan fingerprint density at radius 2 is 1.47 bits per heavy atom. The van der Waals surface area contributed by atoms with Crippen LogP contribution in [0.2, 0.25) is 0 Å². The van der Waals surface area contributed by atoms with Crippen LogP contribution >= 0.6 is 0 Å². The summed E-state index contributed by atoms with van der Waals surface area (Å²) in [6.07, 6.45) is 4.13. The fourth-order valence-electron chi connectivity index (χ4n) is 3.44. The zero-order chi connectivity index (χ0) is 12.7. The van der Waals surface area contributed by atoms with Gasteiger partial charge in [-0.25, -0.2) is 0 Å². The van der Waals surface area contributed by atoms with Crippen LogP contribution in [-0.4, -0.2) is 0 Å². The molecule has 1 aliphatic carbocycles. The van der Waals surface area contributed by atoms with Crippen LogP contribution in [0.15, 0.2) is 48.5 Å². The number of hydrogen-bond acceptors (Lipinski definition) is 1. The van der Waals surface area contributed by atoms with Gasteiger partial charge in [-0.3, -0.25) is 0 Å². The van der Waals surface area contributed by atoms with E-state index in [4.69, 9.17) is 0 Å². The Morgan fingerprint density at radius 1 is 0.789 bits per heavy atom. The van der Waals surface area contributed by atoms with Crippen molar-refractivity contribution in [3.63, 3.8) is 0 Å². The molecule has 1 atom stereocenters. The highest BCUT2D eigenvalue weighted by atomic mass is 14.9. The Bertz CT molecular complexity index is 598. The van der Waals surface area contributed by atoms with Gasteiger partial charge < -0.3 is 5.32 Å².